The molecule has 126 valence electrons. The molecule has 24 heavy (non-hydrogen) atoms. The van der Waals surface area contributed by atoms with E-state index in [2.05, 4.69) is 40.2 Å². The van der Waals surface area contributed by atoms with E-state index in [1.807, 2.05) is 37.3 Å². The van der Waals surface area contributed by atoms with Crippen molar-refractivity contribution in [2.24, 2.45) is 0 Å². The summed E-state index contributed by atoms with van der Waals surface area (Å²) in [5.74, 6) is -0.359. The quantitative estimate of drug-likeness (QED) is 0.792. The van der Waals surface area contributed by atoms with Crippen LogP contribution < -0.4 is 16.0 Å². The van der Waals surface area contributed by atoms with E-state index in [-0.39, 0.29) is 11.9 Å². The molecule has 0 fully saturated rings. The Kier molecular flexibility index (Phi) is 6.09. The van der Waals surface area contributed by atoms with Crippen LogP contribution >= 0.6 is 0 Å². The molecule has 5 heteroatoms. The molecule has 0 bridgehead atoms. The van der Waals surface area contributed by atoms with Gasteiger partial charge in [0.1, 0.15) is 0 Å². The van der Waals surface area contributed by atoms with Gasteiger partial charge in [-0.3, -0.25) is 15.4 Å². The van der Waals surface area contributed by atoms with Gasteiger partial charge in [0, 0.05) is 13.1 Å². The fourth-order valence-corrected chi connectivity index (χ4v) is 2.42. The highest BCUT2D eigenvalue weighted by Crippen LogP contribution is 2.21. The molecular formula is C19H23N3O2. The van der Waals surface area contributed by atoms with Crippen LogP contribution in [0.4, 0.5) is 4.79 Å². The fraction of sp³-hybridized carbons (Fsp3) is 0.263. The zero-order valence-electron chi connectivity index (χ0n) is 14.2. The van der Waals surface area contributed by atoms with Crippen LogP contribution in [0.2, 0.25) is 0 Å². The van der Waals surface area contributed by atoms with E-state index in [1.54, 1.807) is 6.92 Å². The molecule has 0 saturated carbocycles. The largest absolute Gasteiger partial charge is 0.341 e. The summed E-state index contributed by atoms with van der Waals surface area (Å²) in [7, 11) is 1.47. The van der Waals surface area contributed by atoms with Crippen LogP contribution in [-0.2, 0) is 4.79 Å². The van der Waals surface area contributed by atoms with Crippen molar-refractivity contribution in [3.8, 4) is 11.1 Å². The second-order valence-electron chi connectivity index (χ2n) is 5.67. The molecule has 5 nitrogen and oxygen atoms in total. The predicted octanol–water partition coefficient (Wildman–Crippen LogP) is 2.85. The third kappa shape index (κ3) is 4.67. The van der Waals surface area contributed by atoms with Crippen molar-refractivity contribution in [3.05, 3.63) is 60.2 Å². The lowest BCUT2D eigenvalue weighted by atomic mass is 10.0. The van der Waals surface area contributed by atoms with Crippen molar-refractivity contribution < 1.29 is 9.59 Å². The lowest BCUT2D eigenvalue weighted by Crippen LogP contribution is -2.47. The highest BCUT2D eigenvalue weighted by atomic mass is 16.2. The van der Waals surface area contributed by atoms with E-state index in [0.717, 1.165) is 11.1 Å². The molecule has 2 rings (SSSR count). The lowest BCUT2D eigenvalue weighted by molar-refractivity contribution is -0.121. The van der Waals surface area contributed by atoms with Crippen molar-refractivity contribution >= 4 is 11.9 Å². The Bertz CT molecular complexity index is 684. The van der Waals surface area contributed by atoms with Gasteiger partial charge in [-0.25, -0.2) is 4.79 Å². The molecule has 0 saturated heterocycles. The number of imide groups is 1. The van der Waals surface area contributed by atoms with Crippen LogP contribution in [-0.4, -0.2) is 25.0 Å². The number of nitrogens with one attached hydrogen (secondary N) is 3. The SMILES string of the molecule is CNC(=O)NC(=O)C(C)NC(C)c1ccc(-c2ccccc2)cc1. The molecule has 0 aliphatic carbocycles. The molecule has 2 unspecified atom stereocenters. The van der Waals surface area contributed by atoms with Gasteiger partial charge in [-0.1, -0.05) is 54.6 Å². The summed E-state index contributed by atoms with van der Waals surface area (Å²) in [5, 5.41) is 7.82. The van der Waals surface area contributed by atoms with E-state index in [0.29, 0.717) is 0 Å². The Hall–Kier alpha value is -2.66. The monoisotopic (exact) mass is 325 g/mol. The Morgan fingerprint density at radius 3 is 2.04 bits per heavy atom. The Morgan fingerprint density at radius 2 is 1.46 bits per heavy atom. The van der Waals surface area contributed by atoms with Crippen molar-refractivity contribution in [1.29, 1.82) is 0 Å². The third-order valence-corrected chi connectivity index (χ3v) is 3.87. The van der Waals surface area contributed by atoms with E-state index >= 15 is 0 Å². The normalized spacial score (nSPS) is 13.0. The molecule has 0 aliphatic heterocycles. The van der Waals surface area contributed by atoms with Crippen LogP contribution in [0.3, 0.4) is 0 Å². The average Bonchev–Trinajstić information content (AvgIpc) is 2.62. The zero-order valence-corrected chi connectivity index (χ0v) is 14.2. The Balaban J connectivity index is 1.98. The van der Waals surface area contributed by atoms with Crippen molar-refractivity contribution in [2.45, 2.75) is 25.9 Å². The van der Waals surface area contributed by atoms with E-state index in [1.165, 1.54) is 12.6 Å². The first-order valence-electron chi connectivity index (χ1n) is 7.95. The van der Waals surface area contributed by atoms with E-state index in [9.17, 15) is 9.59 Å². The summed E-state index contributed by atoms with van der Waals surface area (Å²) in [6.07, 6.45) is 0. The molecule has 2 aromatic rings. The lowest BCUT2D eigenvalue weighted by Gasteiger charge is -2.20. The van der Waals surface area contributed by atoms with Crippen LogP contribution in [0, 0.1) is 0 Å². The number of hydrogen-bond donors (Lipinski definition) is 3. The zero-order chi connectivity index (χ0) is 17.5. The maximum atomic E-state index is 11.9. The van der Waals surface area contributed by atoms with Crippen molar-refractivity contribution in [1.82, 2.24) is 16.0 Å². The summed E-state index contributed by atoms with van der Waals surface area (Å²) in [6.45, 7) is 3.72. The number of rotatable bonds is 5. The summed E-state index contributed by atoms with van der Waals surface area (Å²) < 4.78 is 0. The van der Waals surface area contributed by atoms with Gasteiger partial charge in [-0.2, -0.15) is 0 Å². The minimum absolute atomic E-state index is 0.0136. The Labute approximate surface area is 142 Å². The first-order chi connectivity index (χ1) is 11.5. The summed E-state index contributed by atoms with van der Waals surface area (Å²) in [6, 6.07) is 17.4. The topological polar surface area (TPSA) is 70.2 Å². The number of urea groups is 1. The highest BCUT2D eigenvalue weighted by molar-refractivity contribution is 5.96. The Morgan fingerprint density at radius 1 is 0.875 bits per heavy atom. The number of hydrogen-bond acceptors (Lipinski definition) is 3. The van der Waals surface area contributed by atoms with Crippen molar-refractivity contribution in [3.63, 3.8) is 0 Å². The fourth-order valence-electron chi connectivity index (χ4n) is 2.42. The molecule has 0 heterocycles. The van der Waals surface area contributed by atoms with Gasteiger partial charge in [0.2, 0.25) is 5.91 Å². The predicted molar refractivity (Wildman–Crippen MR) is 95.5 cm³/mol. The van der Waals surface area contributed by atoms with Crippen LogP contribution in [0.1, 0.15) is 25.5 Å². The molecule has 0 radical (unpaired) electrons. The summed E-state index contributed by atoms with van der Waals surface area (Å²) in [4.78, 5) is 23.1. The van der Waals surface area contributed by atoms with Gasteiger partial charge in [-0.05, 0) is 30.5 Å². The molecule has 0 aliphatic rings. The first kappa shape index (κ1) is 17.7. The van der Waals surface area contributed by atoms with E-state index in [4.69, 9.17) is 0 Å². The maximum absolute atomic E-state index is 11.9. The molecule has 0 spiro atoms. The molecular weight excluding hydrogens is 302 g/mol. The molecule has 2 aromatic carbocycles. The second kappa shape index (κ2) is 8.26. The maximum Gasteiger partial charge on any atom is 0.321 e. The van der Waals surface area contributed by atoms with Gasteiger partial charge in [0.05, 0.1) is 6.04 Å². The molecule has 3 amide bonds. The number of carbonyl (C=O) groups is 2. The van der Waals surface area contributed by atoms with E-state index < -0.39 is 12.1 Å². The molecule has 2 atom stereocenters. The number of benzene rings is 2. The minimum Gasteiger partial charge on any atom is -0.341 e. The van der Waals surface area contributed by atoms with Crippen LogP contribution in [0.25, 0.3) is 11.1 Å². The smallest absolute Gasteiger partial charge is 0.321 e. The molecule has 3 N–H and O–H groups in total. The van der Waals surface area contributed by atoms with Gasteiger partial charge >= 0.3 is 6.03 Å². The summed E-state index contributed by atoms with van der Waals surface area (Å²) in [5.41, 5.74) is 3.40. The van der Waals surface area contributed by atoms with Gasteiger partial charge in [0.15, 0.2) is 0 Å². The van der Waals surface area contributed by atoms with Crippen LogP contribution in [0.15, 0.2) is 54.6 Å². The van der Waals surface area contributed by atoms with Gasteiger partial charge in [0.25, 0.3) is 0 Å². The standard InChI is InChI=1S/C19H23N3O2/c1-13(21-14(2)18(23)22-19(24)20-3)15-9-11-17(12-10-15)16-7-5-4-6-8-16/h4-14,21H,1-3H3,(H2,20,22,23,24). The highest BCUT2D eigenvalue weighted by Gasteiger charge is 2.17. The third-order valence-electron chi connectivity index (χ3n) is 3.87. The second-order valence-corrected chi connectivity index (χ2v) is 5.67. The van der Waals surface area contributed by atoms with Gasteiger partial charge in [-0.15, -0.1) is 0 Å². The van der Waals surface area contributed by atoms with Gasteiger partial charge < -0.3 is 5.32 Å². The summed E-state index contributed by atoms with van der Waals surface area (Å²) >= 11 is 0. The van der Waals surface area contributed by atoms with Crippen LogP contribution in [0.5, 0.6) is 0 Å². The average molecular weight is 325 g/mol. The minimum atomic E-state index is -0.506. The number of carbonyl (C=O) groups excluding carboxylic acids is 2. The molecule has 0 aromatic heterocycles. The number of amides is 3. The first-order valence-corrected chi connectivity index (χ1v) is 7.95. The van der Waals surface area contributed by atoms with Crippen molar-refractivity contribution in [2.75, 3.05) is 7.05 Å².